The molecule has 2 aromatic carbocycles. The van der Waals surface area contributed by atoms with Crippen LogP contribution in [0.4, 0.5) is 10.5 Å². The third-order valence-electron chi connectivity index (χ3n) is 3.38. The first-order valence-electron chi connectivity index (χ1n) is 7.57. The Morgan fingerprint density at radius 1 is 1.17 bits per heavy atom. The van der Waals surface area contributed by atoms with Crippen molar-refractivity contribution < 1.29 is 14.3 Å². The van der Waals surface area contributed by atoms with Crippen LogP contribution < -0.4 is 20.1 Å². The van der Waals surface area contributed by atoms with Crippen molar-refractivity contribution in [3.05, 3.63) is 54.1 Å². The highest BCUT2D eigenvalue weighted by Crippen LogP contribution is 2.24. The van der Waals surface area contributed by atoms with Crippen molar-refractivity contribution >= 4 is 11.7 Å². The monoisotopic (exact) mass is 314 g/mol. The van der Waals surface area contributed by atoms with Gasteiger partial charge in [-0.2, -0.15) is 0 Å². The molecule has 0 fully saturated rings. The highest BCUT2D eigenvalue weighted by Gasteiger charge is 2.12. The molecule has 122 valence electrons. The van der Waals surface area contributed by atoms with Gasteiger partial charge in [-0.15, -0.1) is 0 Å². The number of urea groups is 1. The zero-order valence-corrected chi connectivity index (χ0v) is 13.6. The molecule has 2 aromatic rings. The van der Waals surface area contributed by atoms with Gasteiger partial charge in [0, 0.05) is 0 Å². The molecule has 0 aliphatic rings. The zero-order valence-electron chi connectivity index (χ0n) is 13.6. The van der Waals surface area contributed by atoms with Crippen LogP contribution in [-0.2, 0) is 0 Å². The van der Waals surface area contributed by atoms with Crippen molar-refractivity contribution in [3.8, 4) is 11.5 Å². The van der Waals surface area contributed by atoms with Gasteiger partial charge in [-0.05, 0) is 43.7 Å². The number of hydrogen-bond donors (Lipinski definition) is 2. The largest absolute Gasteiger partial charge is 0.497 e. The van der Waals surface area contributed by atoms with Crippen LogP contribution in [0.5, 0.6) is 11.5 Å². The highest BCUT2D eigenvalue weighted by molar-refractivity contribution is 5.91. The maximum atomic E-state index is 12.2. The summed E-state index contributed by atoms with van der Waals surface area (Å²) < 4.78 is 10.7. The molecule has 0 radical (unpaired) electrons. The molecule has 0 aromatic heterocycles. The number of methoxy groups -OCH3 is 1. The molecule has 0 bridgehead atoms. The number of carbonyl (C=O) groups excluding carboxylic acids is 1. The molecule has 0 aliphatic carbocycles. The second-order valence-corrected chi connectivity index (χ2v) is 5.03. The van der Waals surface area contributed by atoms with Crippen molar-refractivity contribution in [3.63, 3.8) is 0 Å². The van der Waals surface area contributed by atoms with E-state index in [1.807, 2.05) is 56.3 Å². The number of benzene rings is 2. The lowest BCUT2D eigenvalue weighted by Gasteiger charge is -2.17. The molecule has 2 rings (SSSR count). The van der Waals surface area contributed by atoms with Crippen LogP contribution in [0.2, 0.25) is 0 Å². The van der Waals surface area contributed by atoms with Crippen LogP contribution in [0.25, 0.3) is 0 Å². The Kier molecular flexibility index (Phi) is 5.86. The van der Waals surface area contributed by atoms with Gasteiger partial charge in [0.05, 0.1) is 25.4 Å². The molecule has 1 unspecified atom stereocenters. The summed E-state index contributed by atoms with van der Waals surface area (Å²) in [5, 5.41) is 5.72. The molecular formula is C18H22N2O3. The van der Waals surface area contributed by atoms with Crippen LogP contribution in [0.3, 0.4) is 0 Å². The van der Waals surface area contributed by atoms with Gasteiger partial charge in [-0.3, -0.25) is 0 Å². The average Bonchev–Trinajstić information content (AvgIpc) is 2.57. The predicted octanol–water partition coefficient (Wildman–Crippen LogP) is 3.98. The molecule has 2 N–H and O–H groups in total. The fraction of sp³-hybridized carbons (Fsp3) is 0.278. The van der Waals surface area contributed by atoms with E-state index in [4.69, 9.17) is 9.47 Å². The lowest BCUT2D eigenvalue weighted by Crippen LogP contribution is -2.31. The van der Waals surface area contributed by atoms with Crippen LogP contribution >= 0.6 is 0 Å². The zero-order chi connectivity index (χ0) is 16.7. The quantitative estimate of drug-likeness (QED) is 0.848. The number of amides is 2. The van der Waals surface area contributed by atoms with Gasteiger partial charge in [0.2, 0.25) is 0 Å². The Labute approximate surface area is 136 Å². The summed E-state index contributed by atoms with van der Waals surface area (Å²) in [4.78, 5) is 12.2. The molecular weight excluding hydrogens is 292 g/mol. The van der Waals surface area contributed by atoms with Crippen molar-refractivity contribution in [1.29, 1.82) is 0 Å². The number of para-hydroxylation sites is 2. The minimum Gasteiger partial charge on any atom is -0.497 e. The van der Waals surface area contributed by atoms with Gasteiger partial charge in [0.15, 0.2) is 0 Å². The topological polar surface area (TPSA) is 59.6 Å². The molecule has 1 atom stereocenters. The number of carbonyl (C=O) groups is 1. The molecule has 0 saturated heterocycles. The normalized spacial score (nSPS) is 11.4. The maximum Gasteiger partial charge on any atom is 0.319 e. The second kappa shape index (κ2) is 8.08. The summed E-state index contributed by atoms with van der Waals surface area (Å²) in [5.41, 5.74) is 1.61. The molecule has 0 spiro atoms. The highest BCUT2D eigenvalue weighted by atomic mass is 16.5. The summed E-state index contributed by atoms with van der Waals surface area (Å²) in [5.74, 6) is 1.41. The Morgan fingerprint density at radius 2 is 1.96 bits per heavy atom. The van der Waals surface area contributed by atoms with Crippen molar-refractivity contribution in [2.75, 3.05) is 19.0 Å². The average molecular weight is 314 g/mol. The second-order valence-electron chi connectivity index (χ2n) is 5.03. The third-order valence-corrected chi connectivity index (χ3v) is 3.38. The molecule has 5 nitrogen and oxygen atoms in total. The summed E-state index contributed by atoms with van der Waals surface area (Å²) in [6, 6.07) is 14.5. The van der Waals surface area contributed by atoms with Crippen LogP contribution in [0.15, 0.2) is 48.5 Å². The third kappa shape index (κ3) is 4.64. The Bertz CT molecular complexity index is 658. The van der Waals surface area contributed by atoms with Gasteiger partial charge in [0.25, 0.3) is 0 Å². The number of nitrogens with one attached hydrogen (secondary N) is 2. The Morgan fingerprint density at radius 3 is 2.70 bits per heavy atom. The van der Waals surface area contributed by atoms with E-state index in [0.29, 0.717) is 18.0 Å². The van der Waals surface area contributed by atoms with E-state index < -0.39 is 0 Å². The van der Waals surface area contributed by atoms with E-state index in [1.54, 1.807) is 13.2 Å². The van der Waals surface area contributed by atoms with E-state index >= 15 is 0 Å². The number of rotatable bonds is 6. The van der Waals surface area contributed by atoms with Crippen LogP contribution in [-0.4, -0.2) is 19.7 Å². The van der Waals surface area contributed by atoms with E-state index in [2.05, 4.69) is 10.6 Å². The van der Waals surface area contributed by atoms with Crippen molar-refractivity contribution in [2.24, 2.45) is 0 Å². The predicted molar refractivity (Wildman–Crippen MR) is 91.2 cm³/mol. The summed E-state index contributed by atoms with van der Waals surface area (Å²) in [6.07, 6.45) is 0. The van der Waals surface area contributed by atoms with E-state index in [9.17, 15) is 4.79 Å². The maximum absolute atomic E-state index is 12.2. The minimum atomic E-state index is -0.285. The first kappa shape index (κ1) is 16.7. The number of hydrogen-bond acceptors (Lipinski definition) is 3. The fourth-order valence-electron chi connectivity index (χ4n) is 2.20. The van der Waals surface area contributed by atoms with Gasteiger partial charge >= 0.3 is 6.03 Å². The molecule has 0 saturated carbocycles. The summed E-state index contributed by atoms with van der Waals surface area (Å²) >= 11 is 0. The fourth-order valence-corrected chi connectivity index (χ4v) is 2.20. The SMILES string of the molecule is CCOc1ccccc1NC(=O)NC(C)c1cccc(OC)c1. The Balaban J connectivity index is 2.01. The lowest BCUT2D eigenvalue weighted by atomic mass is 10.1. The van der Waals surface area contributed by atoms with Crippen LogP contribution in [0, 0.1) is 0 Å². The molecule has 5 heteroatoms. The number of anilines is 1. The van der Waals surface area contributed by atoms with Gasteiger partial charge in [-0.1, -0.05) is 24.3 Å². The smallest absolute Gasteiger partial charge is 0.319 e. The minimum absolute atomic E-state index is 0.149. The van der Waals surface area contributed by atoms with Gasteiger partial charge in [-0.25, -0.2) is 4.79 Å². The lowest BCUT2D eigenvalue weighted by molar-refractivity contribution is 0.249. The molecule has 2 amide bonds. The standard InChI is InChI=1S/C18H22N2O3/c1-4-23-17-11-6-5-10-16(17)20-18(21)19-13(2)14-8-7-9-15(12-14)22-3/h5-13H,4H2,1-3H3,(H2,19,20,21). The van der Waals surface area contributed by atoms with Gasteiger partial charge in [0.1, 0.15) is 11.5 Å². The van der Waals surface area contributed by atoms with Crippen molar-refractivity contribution in [2.45, 2.75) is 19.9 Å². The molecule has 0 aliphatic heterocycles. The first-order chi connectivity index (χ1) is 11.1. The summed E-state index contributed by atoms with van der Waals surface area (Å²) in [6.45, 7) is 4.37. The Hall–Kier alpha value is -2.69. The van der Waals surface area contributed by atoms with E-state index in [1.165, 1.54) is 0 Å². The van der Waals surface area contributed by atoms with E-state index in [0.717, 1.165) is 11.3 Å². The molecule has 0 heterocycles. The number of ether oxygens (including phenoxy) is 2. The first-order valence-corrected chi connectivity index (χ1v) is 7.57. The van der Waals surface area contributed by atoms with Gasteiger partial charge < -0.3 is 20.1 Å². The summed E-state index contributed by atoms with van der Waals surface area (Å²) in [7, 11) is 1.62. The van der Waals surface area contributed by atoms with E-state index in [-0.39, 0.29) is 12.1 Å². The molecule has 23 heavy (non-hydrogen) atoms. The van der Waals surface area contributed by atoms with Crippen LogP contribution in [0.1, 0.15) is 25.5 Å². The van der Waals surface area contributed by atoms with Crippen molar-refractivity contribution in [1.82, 2.24) is 5.32 Å².